The predicted octanol–water partition coefficient (Wildman–Crippen LogP) is 3.22. The molecule has 232 valence electrons. The number of sulfonamides is 1. The van der Waals surface area contributed by atoms with Gasteiger partial charge in [0.05, 0.1) is 25.6 Å². The maximum Gasteiger partial charge on any atom is 0.319 e. The summed E-state index contributed by atoms with van der Waals surface area (Å²) in [7, 11) is -2.47. The molecule has 1 aromatic carbocycles. The van der Waals surface area contributed by atoms with Crippen molar-refractivity contribution in [1.29, 1.82) is 0 Å². The van der Waals surface area contributed by atoms with E-state index in [0.717, 1.165) is 25.7 Å². The SMILES string of the molecule is Cc1noc(C)c1S(=O)(=O)N(C)C[C@@H]1Oc2ccc(NC(=O)NC3CCCCC3)cc2CC(=O)N([C@@H](C)CO)C[C@@H]1C. The first-order valence-electron chi connectivity index (χ1n) is 14.6. The molecule has 1 aliphatic heterocycles. The molecule has 0 bridgehead atoms. The van der Waals surface area contributed by atoms with Crippen molar-refractivity contribution in [2.75, 3.05) is 32.1 Å². The number of aliphatic hydroxyl groups excluding tert-OH is 1. The molecule has 1 aromatic heterocycles. The Balaban J connectivity index is 1.61. The van der Waals surface area contributed by atoms with Gasteiger partial charge in [0, 0.05) is 36.8 Å². The molecule has 13 heteroatoms. The molecule has 1 fully saturated rings. The number of carbonyl (C=O) groups is 2. The minimum absolute atomic E-state index is 0.00761. The van der Waals surface area contributed by atoms with Crippen molar-refractivity contribution in [3.63, 3.8) is 0 Å². The summed E-state index contributed by atoms with van der Waals surface area (Å²) in [5.41, 5.74) is 1.34. The predicted molar refractivity (Wildman–Crippen MR) is 157 cm³/mol. The molecular formula is C29H43N5O7S. The van der Waals surface area contributed by atoms with Crippen LogP contribution in [-0.4, -0.2) is 84.8 Å². The second-order valence-electron chi connectivity index (χ2n) is 11.6. The average Bonchev–Trinajstić information content (AvgIpc) is 3.31. The third-order valence-electron chi connectivity index (χ3n) is 8.19. The minimum atomic E-state index is -3.94. The zero-order chi connectivity index (χ0) is 30.6. The molecule has 0 spiro atoms. The molecule has 3 atom stereocenters. The van der Waals surface area contributed by atoms with Crippen LogP contribution < -0.4 is 15.4 Å². The van der Waals surface area contributed by atoms with E-state index in [4.69, 9.17) is 9.26 Å². The van der Waals surface area contributed by atoms with E-state index in [2.05, 4.69) is 15.8 Å². The summed E-state index contributed by atoms with van der Waals surface area (Å²) in [4.78, 5) is 27.8. The van der Waals surface area contributed by atoms with Crippen molar-refractivity contribution < 1.29 is 32.4 Å². The van der Waals surface area contributed by atoms with Crippen molar-refractivity contribution >= 4 is 27.6 Å². The van der Waals surface area contributed by atoms with Gasteiger partial charge < -0.3 is 29.9 Å². The van der Waals surface area contributed by atoms with Gasteiger partial charge in [-0.1, -0.05) is 31.3 Å². The maximum atomic E-state index is 13.5. The molecule has 0 radical (unpaired) electrons. The third kappa shape index (κ3) is 7.24. The Bertz CT molecular complexity index is 1350. The fraction of sp³-hybridized carbons (Fsp3) is 0.621. The molecule has 3 N–H and O–H groups in total. The standard InChI is InChI=1S/C29H43N5O7S/c1-18-15-34(19(2)17-35)27(36)14-22-13-24(31-29(37)30-23-9-7-6-8-10-23)11-12-25(22)40-26(18)16-33(5)42(38,39)28-20(3)32-41-21(28)4/h11-13,18-19,23,26,35H,6-10,14-17H2,1-5H3,(H2,30,31,37)/t18-,19-,26-/m0/s1. The van der Waals surface area contributed by atoms with Gasteiger partial charge in [0.1, 0.15) is 22.4 Å². The van der Waals surface area contributed by atoms with Crippen molar-refractivity contribution in [3.05, 3.63) is 35.2 Å². The summed E-state index contributed by atoms with van der Waals surface area (Å²) in [6, 6.07) is 4.52. The average molecular weight is 606 g/mol. The van der Waals surface area contributed by atoms with Crippen LogP contribution in [0.4, 0.5) is 10.5 Å². The van der Waals surface area contributed by atoms with Crippen molar-refractivity contribution in [2.45, 2.75) is 89.3 Å². The molecule has 0 saturated heterocycles. The van der Waals surface area contributed by atoms with Crippen molar-refractivity contribution in [3.8, 4) is 5.75 Å². The highest BCUT2D eigenvalue weighted by Crippen LogP contribution is 2.30. The van der Waals surface area contributed by atoms with Gasteiger partial charge in [-0.2, -0.15) is 4.31 Å². The molecule has 1 aliphatic carbocycles. The number of aryl methyl sites for hydroxylation is 2. The van der Waals surface area contributed by atoms with E-state index in [1.807, 2.05) is 6.92 Å². The number of nitrogens with zero attached hydrogens (tertiary/aromatic N) is 3. The van der Waals surface area contributed by atoms with Gasteiger partial charge in [-0.05, 0) is 51.8 Å². The van der Waals surface area contributed by atoms with Gasteiger partial charge >= 0.3 is 6.03 Å². The number of fused-ring (bicyclic) bond motifs is 1. The maximum absolute atomic E-state index is 13.5. The number of hydrogen-bond acceptors (Lipinski definition) is 8. The Hall–Kier alpha value is -3.16. The van der Waals surface area contributed by atoms with Gasteiger partial charge in [-0.3, -0.25) is 4.79 Å². The summed E-state index contributed by atoms with van der Waals surface area (Å²) >= 11 is 0. The molecule has 3 amide bonds. The molecule has 2 heterocycles. The third-order valence-corrected chi connectivity index (χ3v) is 10.3. The second kappa shape index (κ2) is 13.4. The van der Waals surface area contributed by atoms with Gasteiger partial charge in [0.15, 0.2) is 5.76 Å². The van der Waals surface area contributed by atoms with Gasteiger partial charge in [0.2, 0.25) is 15.9 Å². The lowest BCUT2D eigenvalue weighted by molar-refractivity contribution is -0.134. The number of rotatable bonds is 8. The quantitative estimate of drug-likeness (QED) is 0.415. The molecule has 2 aromatic rings. The highest BCUT2D eigenvalue weighted by atomic mass is 32.2. The molecule has 1 saturated carbocycles. The smallest absolute Gasteiger partial charge is 0.319 e. The van der Waals surface area contributed by atoms with E-state index in [0.29, 0.717) is 17.0 Å². The number of carbonyl (C=O) groups excluding carboxylic acids is 2. The Kier molecular flexibility index (Phi) is 10.2. The van der Waals surface area contributed by atoms with E-state index >= 15 is 0 Å². The molecule has 42 heavy (non-hydrogen) atoms. The van der Waals surface area contributed by atoms with Crippen LogP contribution in [0.5, 0.6) is 5.75 Å². The molecule has 0 unspecified atom stereocenters. The summed E-state index contributed by atoms with van der Waals surface area (Å²) in [6.07, 6.45) is 4.65. The van der Waals surface area contributed by atoms with Crippen LogP contribution >= 0.6 is 0 Å². The lowest BCUT2D eigenvalue weighted by Gasteiger charge is -2.33. The number of aliphatic hydroxyl groups is 1. The number of nitrogens with one attached hydrogen (secondary N) is 2. The lowest BCUT2D eigenvalue weighted by Crippen LogP contribution is -2.48. The number of likely N-dealkylation sites (N-methyl/N-ethyl adjacent to an activating group) is 1. The van der Waals surface area contributed by atoms with E-state index in [1.165, 1.54) is 17.8 Å². The number of anilines is 1. The first-order chi connectivity index (χ1) is 19.9. The van der Waals surface area contributed by atoms with E-state index in [-0.39, 0.29) is 66.4 Å². The second-order valence-corrected chi connectivity index (χ2v) is 13.6. The van der Waals surface area contributed by atoms with Crippen LogP contribution in [0.3, 0.4) is 0 Å². The first-order valence-corrected chi connectivity index (χ1v) is 16.0. The summed E-state index contributed by atoms with van der Waals surface area (Å²) in [5.74, 6) is 0.138. The summed E-state index contributed by atoms with van der Waals surface area (Å²) in [5, 5.41) is 19.6. The summed E-state index contributed by atoms with van der Waals surface area (Å²) in [6.45, 7) is 6.81. The fourth-order valence-corrected chi connectivity index (χ4v) is 7.14. The monoisotopic (exact) mass is 605 g/mol. The largest absolute Gasteiger partial charge is 0.488 e. The number of urea groups is 1. The molecule has 2 aliphatic rings. The Morgan fingerprint density at radius 1 is 1.24 bits per heavy atom. The topological polar surface area (TPSA) is 154 Å². The highest BCUT2D eigenvalue weighted by molar-refractivity contribution is 7.89. The van der Waals surface area contributed by atoms with Crippen molar-refractivity contribution in [2.24, 2.45) is 5.92 Å². The number of hydrogen-bond donors (Lipinski definition) is 3. The minimum Gasteiger partial charge on any atom is -0.488 e. The van der Waals surface area contributed by atoms with Crippen LogP contribution in [0.1, 0.15) is 63.0 Å². The number of ether oxygens (including phenoxy) is 1. The van der Waals surface area contributed by atoms with E-state index in [9.17, 15) is 23.1 Å². The van der Waals surface area contributed by atoms with E-state index < -0.39 is 22.2 Å². The molecule has 4 rings (SSSR count). The number of benzene rings is 1. The van der Waals surface area contributed by atoms with Crippen LogP contribution in [-0.2, 0) is 21.2 Å². The Morgan fingerprint density at radius 3 is 2.60 bits per heavy atom. The number of amides is 3. The zero-order valence-corrected chi connectivity index (χ0v) is 25.9. The van der Waals surface area contributed by atoms with Gasteiger partial charge in [-0.15, -0.1) is 0 Å². The molecule has 12 nitrogen and oxygen atoms in total. The van der Waals surface area contributed by atoms with Crippen LogP contribution in [0, 0.1) is 19.8 Å². The van der Waals surface area contributed by atoms with Crippen LogP contribution in [0.25, 0.3) is 0 Å². The van der Waals surface area contributed by atoms with Crippen LogP contribution in [0.2, 0.25) is 0 Å². The van der Waals surface area contributed by atoms with E-state index in [1.54, 1.807) is 43.9 Å². The Morgan fingerprint density at radius 2 is 1.95 bits per heavy atom. The molecular weight excluding hydrogens is 562 g/mol. The highest BCUT2D eigenvalue weighted by Gasteiger charge is 2.35. The first kappa shape index (κ1) is 31.8. The zero-order valence-electron chi connectivity index (χ0n) is 25.1. The summed E-state index contributed by atoms with van der Waals surface area (Å²) < 4.78 is 39.7. The lowest BCUT2D eigenvalue weighted by atomic mass is 9.96. The Labute approximate surface area is 247 Å². The number of aromatic nitrogens is 1. The van der Waals surface area contributed by atoms with Gasteiger partial charge in [-0.25, -0.2) is 13.2 Å². The van der Waals surface area contributed by atoms with Gasteiger partial charge in [0.25, 0.3) is 0 Å². The fourth-order valence-electron chi connectivity index (χ4n) is 5.67. The van der Waals surface area contributed by atoms with Crippen molar-refractivity contribution in [1.82, 2.24) is 19.7 Å². The normalized spacial score (nSPS) is 21.1. The van der Waals surface area contributed by atoms with Crippen LogP contribution in [0.15, 0.2) is 27.6 Å².